The maximum Gasteiger partial charge on any atom is 0.267 e. The molecule has 0 saturated carbocycles. The number of primary amides is 1. The largest absolute Gasteiger partial charge is 0.476 e. The summed E-state index contributed by atoms with van der Waals surface area (Å²) in [5.41, 5.74) is 6.07. The van der Waals surface area contributed by atoms with Crippen molar-refractivity contribution in [2.45, 2.75) is 6.10 Å². The molecule has 2 aromatic rings. The van der Waals surface area contributed by atoms with Crippen molar-refractivity contribution in [2.24, 2.45) is 5.73 Å². The summed E-state index contributed by atoms with van der Waals surface area (Å²) >= 11 is 5.94. The third kappa shape index (κ3) is 4.15. The second kappa shape index (κ2) is 7.09. The van der Waals surface area contributed by atoms with Crippen molar-refractivity contribution in [3.63, 3.8) is 0 Å². The molecule has 1 heterocycles. The molecule has 1 aliphatic heterocycles. The molecule has 1 unspecified atom stereocenters. The highest BCUT2D eigenvalue weighted by Crippen LogP contribution is 2.37. The summed E-state index contributed by atoms with van der Waals surface area (Å²) in [6.07, 6.45) is -0.0560. The van der Waals surface area contributed by atoms with Crippen molar-refractivity contribution in [2.75, 3.05) is 22.4 Å². The van der Waals surface area contributed by atoms with E-state index in [-0.39, 0.29) is 23.5 Å². The fourth-order valence-corrected chi connectivity index (χ4v) is 3.72. The summed E-state index contributed by atoms with van der Waals surface area (Å²) in [5, 5.41) is 2.95. The predicted molar refractivity (Wildman–Crippen MR) is 102 cm³/mol. The van der Waals surface area contributed by atoms with Crippen LogP contribution in [0.5, 0.6) is 5.75 Å². The van der Waals surface area contributed by atoms with Crippen LogP contribution in [0.2, 0.25) is 5.02 Å². The Labute approximate surface area is 160 Å². The molecule has 1 aliphatic rings. The summed E-state index contributed by atoms with van der Waals surface area (Å²) < 4.78 is 31.0. The van der Waals surface area contributed by atoms with Gasteiger partial charge in [0.1, 0.15) is 5.75 Å². The van der Waals surface area contributed by atoms with Crippen LogP contribution in [0.25, 0.3) is 0 Å². The third-order valence-corrected chi connectivity index (χ3v) is 5.28. The Kier molecular flexibility index (Phi) is 4.99. The van der Waals surface area contributed by atoms with Crippen LogP contribution in [0.1, 0.15) is 10.4 Å². The van der Waals surface area contributed by atoms with Crippen molar-refractivity contribution < 1.29 is 22.7 Å². The molecule has 8 nitrogen and oxygen atoms in total. The summed E-state index contributed by atoms with van der Waals surface area (Å²) in [6, 6.07) is 10.6. The predicted octanol–water partition coefficient (Wildman–Crippen LogP) is 1.60. The van der Waals surface area contributed by atoms with E-state index in [0.717, 1.165) is 10.6 Å². The standard InChI is InChI=1S/C17H16ClN3O5S/c1-27(24,25)21-9-15(26-14-6-5-11(18)8-13(14)21)17(23)20-12-4-2-3-10(7-12)16(19)22/h2-8,15H,9H2,1H3,(H2,19,22)(H,20,23). The van der Waals surface area contributed by atoms with Gasteiger partial charge in [0.25, 0.3) is 5.91 Å². The van der Waals surface area contributed by atoms with Gasteiger partial charge >= 0.3 is 0 Å². The van der Waals surface area contributed by atoms with Crippen LogP contribution in [0.4, 0.5) is 11.4 Å². The van der Waals surface area contributed by atoms with Gasteiger partial charge in [0.05, 0.1) is 18.5 Å². The zero-order valence-corrected chi connectivity index (χ0v) is 15.8. The molecule has 142 valence electrons. The van der Waals surface area contributed by atoms with Crippen molar-refractivity contribution in [3.05, 3.63) is 53.1 Å². The average Bonchev–Trinajstić information content (AvgIpc) is 2.60. The first-order valence-electron chi connectivity index (χ1n) is 7.80. The Morgan fingerprint density at radius 2 is 2.00 bits per heavy atom. The highest BCUT2D eigenvalue weighted by Gasteiger charge is 2.35. The number of halogens is 1. The Morgan fingerprint density at radius 3 is 2.67 bits per heavy atom. The lowest BCUT2D eigenvalue weighted by Crippen LogP contribution is -2.48. The van der Waals surface area contributed by atoms with Crippen molar-refractivity contribution in [1.82, 2.24) is 0 Å². The second-order valence-electron chi connectivity index (χ2n) is 5.95. The smallest absolute Gasteiger partial charge is 0.267 e. The Morgan fingerprint density at radius 1 is 1.26 bits per heavy atom. The number of nitrogens with zero attached hydrogens (tertiary/aromatic N) is 1. The van der Waals surface area contributed by atoms with Crippen LogP contribution < -0.4 is 20.1 Å². The molecule has 2 aromatic carbocycles. The number of nitrogens with two attached hydrogens (primary N) is 1. The number of anilines is 2. The van der Waals surface area contributed by atoms with E-state index in [9.17, 15) is 18.0 Å². The molecular weight excluding hydrogens is 394 g/mol. The number of carbonyl (C=O) groups is 2. The lowest BCUT2D eigenvalue weighted by atomic mass is 10.1. The molecular formula is C17H16ClN3O5S. The van der Waals surface area contributed by atoms with Gasteiger partial charge in [0, 0.05) is 16.3 Å². The van der Waals surface area contributed by atoms with E-state index < -0.39 is 27.9 Å². The number of rotatable bonds is 4. The minimum atomic E-state index is -3.66. The summed E-state index contributed by atoms with van der Waals surface area (Å²) in [4.78, 5) is 23.9. The summed E-state index contributed by atoms with van der Waals surface area (Å²) in [5.74, 6) is -0.970. The number of carbonyl (C=O) groups excluding carboxylic acids is 2. The zero-order chi connectivity index (χ0) is 19.8. The van der Waals surface area contributed by atoms with Crippen molar-refractivity contribution >= 4 is 44.8 Å². The quantitative estimate of drug-likeness (QED) is 0.795. The number of hydrogen-bond acceptors (Lipinski definition) is 5. The first-order chi connectivity index (χ1) is 12.6. The lowest BCUT2D eigenvalue weighted by molar-refractivity contribution is -0.122. The summed E-state index contributed by atoms with van der Waals surface area (Å²) in [6.45, 7) is -0.215. The topological polar surface area (TPSA) is 119 Å². The van der Waals surface area contributed by atoms with Crippen LogP contribution in [0, 0.1) is 0 Å². The van der Waals surface area contributed by atoms with Crippen LogP contribution in [-0.2, 0) is 14.8 Å². The molecule has 0 saturated heterocycles. The number of ether oxygens (including phenoxy) is 1. The normalized spacial score (nSPS) is 16.2. The molecule has 0 aromatic heterocycles. The molecule has 2 amide bonds. The molecule has 10 heteroatoms. The van der Waals surface area contributed by atoms with Gasteiger partial charge in [0.2, 0.25) is 15.9 Å². The van der Waals surface area contributed by atoms with Gasteiger partial charge < -0.3 is 15.8 Å². The number of hydrogen-bond donors (Lipinski definition) is 2. The number of amides is 2. The molecule has 3 rings (SSSR count). The first kappa shape index (κ1) is 19.0. The molecule has 0 radical (unpaired) electrons. The summed E-state index contributed by atoms with van der Waals surface area (Å²) in [7, 11) is -3.66. The molecule has 0 fully saturated rings. The highest BCUT2D eigenvalue weighted by atomic mass is 35.5. The highest BCUT2D eigenvalue weighted by molar-refractivity contribution is 7.92. The van der Waals surface area contributed by atoms with Gasteiger partial charge in [-0.25, -0.2) is 8.42 Å². The van der Waals surface area contributed by atoms with Crippen molar-refractivity contribution in [3.8, 4) is 5.75 Å². The fourth-order valence-electron chi connectivity index (χ4n) is 2.65. The van der Waals surface area contributed by atoms with E-state index in [2.05, 4.69) is 5.32 Å². The Hall–Kier alpha value is -2.78. The second-order valence-corrected chi connectivity index (χ2v) is 8.29. The monoisotopic (exact) mass is 409 g/mol. The van der Waals surface area contributed by atoms with Gasteiger partial charge in [-0.2, -0.15) is 0 Å². The maximum atomic E-state index is 12.6. The van der Waals surface area contributed by atoms with E-state index in [4.69, 9.17) is 22.1 Å². The Balaban J connectivity index is 1.87. The van der Waals surface area contributed by atoms with Gasteiger partial charge in [-0.15, -0.1) is 0 Å². The number of benzene rings is 2. The van der Waals surface area contributed by atoms with E-state index in [1.807, 2.05) is 0 Å². The Bertz CT molecular complexity index is 1020. The minimum absolute atomic E-state index is 0.215. The van der Waals surface area contributed by atoms with E-state index in [1.165, 1.54) is 30.3 Å². The van der Waals surface area contributed by atoms with Gasteiger partial charge in [0.15, 0.2) is 6.10 Å². The first-order valence-corrected chi connectivity index (χ1v) is 10.0. The lowest BCUT2D eigenvalue weighted by Gasteiger charge is -2.34. The van der Waals surface area contributed by atoms with Crippen LogP contribution >= 0.6 is 11.6 Å². The maximum absolute atomic E-state index is 12.6. The van der Waals surface area contributed by atoms with Gasteiger partial charge in [-0.1, -0.05) is 17.7 Å². The van der Waals surface area contributed by atoms with E-state index in [1.54, 1.807) is 12.1 Å². The average molecular weight is 410 g/mol. The number of sulfonamides is 1. The number of nitrogens with one attached hydrogen (secondary N) is 1. The van der Waals surface area contributed by atoms with E-state index >= 15 is 0 Å². The van der Waals surface area contributed by atoms with Crippen LogP contribution in [-0.4, -0.2) is 39.1 Å². The fraction of sp³-hybridized carbons (Fsp3) is 0.176. The third-order valence-electron chi connectivity index (χ3n) is 3.90. The molecule has 3 N–H and O–H groups in total. The molecule has 0 aliphatic carbocycles. The minimum Gasteiger partial charge on any atom is -0.476 e. The number of fused-ring (bicyclic) bond motifs is 1. The van der Waals surface area contributed by atoms with Crippen LogP contribution in [0.3, 0.4) is 0 Å². The van der Waals surface area contributed by atoms with Gasteiger partial charge in [-0.05, 0) is 36.4 Å². The molecule has 0 bridgehead atoms. The zero-order valence-electron chi connectivity index (χ0n) is 14.2. The molecule has 1 atom stereocenters. The van der Waals surface area contributed by atoms with Crippen molar-refractivity contribution in [1.29, 1.82) is 0 Å². The van der Waals surface area contributed by atoms with Crippen LogP contribution in [0.15, 0.2) is 42.5 Å². The van der Waals surface area contributed by atoms with E-state index in [0.29, 0.717) is 10.7 Å². The molecule has 27 heavy (non-hydrogen) atoms. The van der Waals surface area contributed by atoms with Gasteiger partial charge in [-0.3, -0.25) is 13.9 Å². The molecule has 0 spiro atoms. The SMILES string of the molecule is CS(=O)(=O)N1CC(C(=O)Nc2cccc(C(N)=O)c2)Oc2ccc(Cl)cc21.